The van der Waals surface area contributed by atoms with Gasteiger partial charge in [0.2, 0.25) is 5.13 Å². The molecule has 0 aliphatic rings. The van der Waals surface area contributed by atoms with Gasteiger partial charge in [0.25, 0.3) is 5.91 Å². The fourth-order valence-corrected chi connectivity index (χ4v) is 3.60. The molecule has 1 N–H and O–H groups in total. The Morgan fingerprint density at radius 1 is 1.29 bits per heavy atom. The third-order valence-corrected chi connectivity index (χ3v) is 4.88. The summed E-state index contributed by atoms with van der Waals surface area (Å²) in [5, 5.41) is 21.5. The highest BCUT2D eigenvalue weighted by atomic mass is 32.1. The number of carbonyl (C=O) groups excluding carboxylic acids is 1. The van der Waals surface area contributed by atoms with Gasteiger partial charge in [-0.3, -0.25) is 10.1 Å². The molecule has 0 aliphatic carbocycles. The van der Waals surface area contributed by atoms with Crippen LogP contribution in [0.25, 0.3) is 11.8 Å². The van der Waals surface area contributed by atoms with Crippen LogP contribution in [0.15, 0.2) is 48.2 Å². The summed E-state index contributed by atoms with van der Waals surface area (Å²) in [5.74, 6) is -0.0352. The molecule has 0 spiro atoms. The molecule has 6 nitrogen and oxygen atoms in total. The van der Waals surface area contributed by atoms with Gasteiger partial charge < -0.3 is 4.57 Å². The zero-order valence-corrected chi connectivity index (χ0v) is 16.8. The van der Waals surface area contributed by atoms with E-state index < -0.39 is 5.91 Å². The highest BCUT2D eigenvalue weighted by molar-refractivity contribution is 7.15. The minimum absolute atomic E-state index is 0.00710. The molecule has 0 unspecified atom stereocenters. The van der Waals surface area contributed by atoms with E-state index >= 15 is 0 Å². The molecule has 1 aromatic carbocycles. The minimum Gasteiger partial charge on any atom is -0.317 e. The van der Waals surface area contributed by atoms with Crippen molar-refractivity contribution in [2.24, 2.45) is 5.92 Å². The second-order valence-corrected chi connectivity index (χ2v) is 7.92. The van der Waals surface area contributed by atoms with Crippen molar-refractivity contribution < 1.29 is 4.79 Å². The molecule has 28 heavy (non-hydrogen) atoms. The summed E-state index contributed by atoms with van der Waals surface area (Å²) in [4.78, 5) is 12.5. The van der Waals surface area contributed by atoms with Gasteiger partial charge in [0.05, 0.1) is 0 Å². The third kappa shape index (κ3) is 4.72. The summed E-state index contributed by atoms with van der Waals surface area (Å²) < 4.78 is 1.93. The average Bonchev–Trinajstić information content (AvgIpc) is 3.29. The number of hydrogen-bond donors (Lipinski definition) is 1. The van der Waals surface area contributed by atoms with E-state index in [-0.39, 0.29) is 5.57 Å². The molecule has 0 saturated carbocycles. The third-order valence-electron chi connectivity index (χ3n) is 4.02. The largest absolute Gasteiger partial charge is 0.317 e. The summed E-state index contributed by atoms with van der Waals surface area (Å²) in [6.45, 7) is 6.22. The van der Waals surface area contributed by atoms with Crippen LogP contribution < -0.4 is 5.32 Å². The first kappa shape index (κ1) is 19.5. The average molecular weight is 392 g/mol. The number of nitrogens with zero attached hydrogens (tertiary/aromatic N) is 4. The van der Waals surface area contributed by atoms with Gasteiger partial charge in [-0.1, -0.05) is 42.9 Å². The number of nitrogens with one attached hydrogen (secondary N) is 1. The summed E-state index contributed by atoms with van der Waals surface area (Å²) in [6.07, 6.45) is 4.27. The van der Waals surface area contributed by atoms with Gasteiger partial charge in [0.1, 0.15) is 16.6 Å². The van der Waals surface area contributed by atoms with Crippen LogP contribution in [0.1, 0.15) is 30.1 Å². The Balaban J connectivity index is 1.80. The van der Waals surface area contributed by atoms with Crippen molar-refractivity contribution in [2.75, 3.05) is 5.32 Å². The van der Waals surface area contributed by atoms with Crippen molar-refractivity contribution in [1.82, 2.24) is 14.8 Å². The predicted octanol–water partition coefficient (Wildman–Crippen LogP) is 4.38. The number of carbonyl (C=O) groups is 1. The first-order chi connectivity index (χ1) is 13.5. The first-order valence-electron chi connectivity index (χ1n) is 8.96. The molecule has 0 radical (unpaired) electrons. The molecule has 3 aromatic rings. The molecule has 0 fully saturated rings. The molecule has 1 amide bonds. The molecule has 0 saturated heterocycles. The molecule has 2 aromatic heterocycles. The maximum Gasteiger partial charge on any atom is 0.268 e. The number of nitriles is 1. The van der Waals surface area contributed by atoms with Crippen molar-refractivity contribution in [1.29, 1.82) is 5.26 Å². The maximum atomic E-state index is 12.5. The Morgan fingerprint density at radius 3 is 2.71 bits per heavy atom. The monoisotopic (exact) mass is 391 g/mol. The zero-order valence-electron chi connectivity index (χ0n) is 16.0. The number of benzene rings is 1. The smallest absolute Gasteiger partial charge is 0.268 e. The lowest BCUT2D eigenvalue weighted by Crippen LogP contribution is -2.13. The van der Waals surface area contributed by atoms with Gasteiger partial charge in [-0.15, -0.1) is 10.2 Å². The van der Waals surface area contributed by atoms with Crippen LogP contribution in [0.2, 0.25) is 0 Å². The van der Waals surface area contributed by atoms with Crippen LogP contribution >= 0.6 is 11.3 Å². The number of aromatic nitrogens is 3. The molecule has 7 heteroatoms. The molecule has 0 aliphatic heterocycles. The van der Waals surface area contributed by atoms with Crippen molar-refractivity contribution >= 4 is 28.5 Å². The quantitative estimate of drug-likeness (QED) is 0.499. The molecular formula is C21H21N5OS. The topological polar surface area (TPSA) is 83.6 Å². The fourth-order valence-electron chi connectivity index (χ4n) is 2.65. The number of amides is 1. The Kier molecular flexibility index (Phi) is 6.02. The Hall–Kier alpha value is -3.24. The van der Waals surface area contributed by atoms with Crippen molar-refractivity contribution in [3.8, 4) is 11.8 Å². The molecule has 2 heterocycles. The van der Waals surface area contributed by atoms with Crippen molar-refractivity contribution in [3.05, 3.63) is 64.4 Å². The van der Waals surface area contributed by atoms with Gasteiger partial charge >= 0.3 is 0 Å². The number of aryl methyl sites for hydroxylation is 1. The Morgan fingerprint density at radius 2 is 2.04 bits per heavy atom. The van der Waals surface area contributed by atoms with Crippen LogP contribution in [-0.4, -0.2) is 20.7 Å². The summed E-state index contributed by atoms with van der Waals surface area (Å²) in [7, 11) is 0. The van der Waals surface area contributed by atoms with E-state index in [1.165, 1.54) is 16.9 Å². The summed E-state index contributed by atoms with van der Waals surface area (Å²) in [5.41, 5.74) is 2.88. The fraction of sp³-hybridized carbons (Fsp3) is 0.238. The molecule has 0 atom stereocenters. The van der Waals surface area contributed by atoms with Crippen LogP contribution in [0, 0.1) is 24.2 Å². The lowest BCUT2D eigenvalue weighted by Gasteiger charge is -2.07. The van der Waals surface area contributed by atoms with Gasteiger partial charge in [-0.05, 0) is 43.2 Å². The van der Waals surface area contributed by atoms with Crippen LogP contribution in [0.3, 0.4) is 0 Å². The van der Waals surface area contributed by atoms with E-state index in [0.29, 0.717) is 11.0 Å². The second kappa shape index (κ2) is 8.63. The van der Waals surface area contributed by atoms with Crippen LogP contribution in [0.5, 0.6) is 0 Å². The lowest BCUT2D eigenvalue weighted by atomic mass is 10.1. The first-order valence-corrected chi connectivity index (χ1v) is 9.78. The standard InChI is InChI=1S/C21H21N5OS/c1-14(2)11-19-24-25-21(28-19)23-20(27)16(13-22)12-18-5-4-10-26(18)17-8-6-15(3)7-9-17/h4-10,12,14H,11H2,1-3H3,(H,23,25,27)/b16-12-. The van der Waals surface area contributed by atoms with E-state index in [4.69, 9.17) is 0 Å². The maximum absolute atomic E-state index is 12.5. The number of anilines is 1. The van der Waals surface area contributed by atoms with E-state index in [9.17, 15) is 10.1 Å². The van der Waals surface area contributed by atoms with E-state index in [0.717, 1.165) is 22.8 Å². The second-order valence-electron chi connectivity index (χ2n) is 6.86. The Labute approximate surface area is 168 Å². The molecule has 0 bridgehead atoms. The zero-order chi connectivity index (χ0) is 20.1. The number of hydrogen-bond acceptors (Lipinski definition) is 5. The summed E-state index contributed by atoms with van der Waals surface area (Å²) in [6, 6.07) is 13.7. The van der Waals surface area contributed by atoms with Gasteiger partial charge in [-0.25, -0.2) is 0 Å². The minimum atomic E-state index is -0.494. The van der Waals surface area contributed by atoms with Crippen LogP contribution in [0.4, 0.5) is 5.13 Å². The van der Waals surface area contributed by atoms with Crippen LogP contribution in [-0.2, 0) is 11.2 Å². The van der Waals surface area contributed by atoms with E-state index in [2.05, 4.69) is 29.4 Å². The lowest BCUT2D eigenvalue weighted by molar-refractivity contribution is -0.112. The van der Waals surface area contributed by atoms with Gasteiger partial charge in [-0.2, -0.15) is 5.26 Å². The van der Waals surface area contributed by atoms with Crippen molar-refractivity contribution in [2.45, 2.75) is 27.2 Å². The SMILES string of the molecule is Cc1ccc(-n2cccc2/C=C(/C#N)C(=O)Nc2nnc(CC(C)C)s2)cc1. The molecule has 142 valence electrons. The Bertz CT molecular complexity index is 1040. The normalized spacial score (nSPS) is 11.5. The van der Waals surface area contributed by atoms with Gasteiger partial charge in [0.15, 0.2) is 0 Å². The highest BCUT2D eigenvalue weighted by Crippen LogP contribution is 2.20. The number of rotatable bonds is 6. The van der Waals surface area contributed by atoms with E-state index in [1.54, 1.807) is 6.08 Å². The molecule has 3 rings (SSSR count). The highest BCUT2D eigenvalue weighted by Gasteiger charge is 2.14. The van der Waals surface area contributed by atoms with E-state index in [1.807, 2.05) is 60.2 Å². The van der Waals surface area contributed by atoms with Gasteiger partial charge in [0, 0.05) is 24.0 Å². The summed E-state index contributed by atoms with van der Waals surface area (Å²) >= 11 is 1.33. The molecular weight excluding hydrogens is 370 g/mol. The van der Waals surface area contributed by atoms with Crippen molar-refractivity contribution in [3.63, 3.8) is 0 Å². The predicted molar refractivity (Wildman–Crippen MR) is 111 cm³/mol.